The predicted molar refractivity (Wildman–Crippen MR) is 95.5 cm³/mol. The Hall–Kier alpha value is -1.81. The fourth-order valence-electron chi connectivity index (χ4n) is 3.21. The molecule has 0 atom stereocenters. The zero-order valence-electron chi connectivity index (χ0n) is 13.5. The summed E-state index contributed by atoms with van der Waals surface area (Å²) >= 11 is 0. The van der Waals surface area contributed by atoms with Crippen LogP contribution in [-0.2, 0) is 4.79 Å². The number of carbonyl (C=O) groups is 1. The normalized spacial score (nSPS) is 16.1. The summed E-state index contributed by atoms with van der Waals surface area (Å²) in [5, 5.41) is 4.22. The molecule has 3 rings (SSSR count). The van der Waals surface area contributed by atoms with E-state index in [2.05, 4.69) is 35.1 Å². The smallest absolute Gasteiger partial charge is 0.225 e. The molecule has 22 heavy (non-hydrogen) atoms. The molecule has 2 aromatic rings. The molecule has 0 radical (unpaired) electrons. The van der Waals surface area contributed by atoms with Gasteiger partial charge in [0.25, 0.3) is 0 Å². The summed E-state index contributed by atoms with van der Waals surface area (Å²) in [5.74, 6) is 0.106. The first-order chi connectivity index (χ1) is 10.6. The molecule has 1 aromatic heterocycles. The first kappa shape index (κ1) is 15.1. The number of piperidine rings is 1. The number of likely N-dealkylation sites (tertiary alicyclic amines) is 1. The number of rotatable bonds is 4. The van der Waals surface area contributed by atoms with Crippen LogP contribution in [0.2, 0.25) is 0 Å². The molecule has 0 aliphatic carbocycles. The van der Waals surface area contributed by atoms with Crippen LogP contribution >= 0.6 is 0 Å². The highest BCUT2D eigenvalue weighted by atomic mass is 16.1. The van der Waals surface area contributed by atoms with Gasteiger partial charge >= 0.3 is 0 Å². The number of amides is 1. The Morgan fingerprint density at radius 2 is 2.05 bits per heavy atom. The third-order valence-electron chi connectivity index (χ3n) is 4.70. The Morgan fingerprint density at radius 3 is 2.82 bits per heavy atom. The van der Waals surface area contributed by atoms with E-state index in [1.165, 1.54) is 35.9 Å². The fraction of sp³-hybridized carbons (Fsp3) is 0.500. The number of anilines is 1. The largest absolute Gasteiger partial charge is 0.358 e. The number of hydrogen-bond donors (Lipinski definition) is 2. The van der Waals surface area contributed by atoms with Crippen LogP contribution < -0.4 is 5.32 Å². The average Bonchev–Trinajstić information content (AvgIpc) is 2.81. The monoisotopic (exact) mass is 303 g/mol. The Balaban J connectivity index is 0.00000144. The molecule has 122 valence electrons. The molecule has 2 heterocycles. The minimum Gasteiger partial charge on any atom is -0.358 e. The van der Waals surface area contributed by atoms with E-state index in [1.54, 1.807) is 0 Å². The average molecular weight is 303 g/mol. The summed E-state index contributed by atoms with van der Waals surface area (Å²) in [7, 11) is 0. The van der Waals surface area contributed by atoms with E-state index in [9.17, 15) is 4.79 Å². The third kappa shape index (κ3) is 3.33. The lowest BCUT2D eigenvalue weighted by Gasteiger charge is -2.25. The van der Waals surface area contributed by atoms with Crippen LogP contribution in [0.1, 0.15) is 39.8 Å². The molecule has 2 N–H and O–H groups in total. The summed E-state index contributed by atoms with van der Waals surface area (Å²) in [6, 6.07) is 6.07. The maximum Gasteiger partial charge on any atom is 0.225 e. The van der Waals surface area contributed by atoms with Gasteiger partial charge in [-0.2, -0.15) is 0 Å². The summed E-state index contributed by atoms with van der Waals surface area (Å²) in [5.41, 5.74) is 4.45. The summed E-state index contributed by atoms with van der Waals surface area (Å²) in [6.45, 7) is 7.33. The molecule has 1 aromatic carbocycles. The molecule has 0 saturated carbocycles. The van der Waals surface area contributed by atoms with Gasteiger partial charge in [-0.05, 0) is 63.5 Å². The quantitative estimate of drug-likeness (QED) is 0.893. The maximum absolute atomic E-state index is 12.1. The van der Waals surface area contributed by atoms with Crippen molar-refractivity contribution in [2.75, 3.05) is 25.0 Å². The van der Waals surface area contributed by atoms with Crippen LogP contribution in [0.15, 0.2) is 18.2 Å². The van der Waals surface area contributed by atoms with Crippen molar-refractivity contribution in [2.45, 2.75) is 39.5 Å². The number of aryl methyl sites for hydroxylation is 2. The molecular formula is C18H29N3O. The summed E-state index contributed by atoms with van der Waals surface area (Å²) in [4.78, 5) is 17.9. The van der Waals surface area contributed by atoms with Crippen molar-refractivity contribution in [1.82, 2.24) is 9.88 Å². The van der Waals surface area contributed by atoms with Gasteiger partial charge in [0.2, 0.25) is 5.91 Å². The molecule has 1 saturated heterocycles. The van der Waals surface area contributed by atoms with E-state index < -0.39 is 0 Å². The Morgan fingerprint density at radius 1 is 1.27 bits per heavy atom. The van der Waals surface area contributed by atoms with Gasteiger partial charge in [0.05, 0.1) is 0 Å². The zero-order chi connectivity index (χ0) is 15.5. The molecule has 0 spiro atoms. The Bertz CT molecular complexity index is 678. The highest BCUT2D eigenvalue weighted by Crippen LogP contribution is 2.24. The summed E-state index contributed by atoms with van der Waals surface area (Å²) < 4.78 is 0. The number of H-pyrrole nitrogens is 1. The van der Waals surface area contributed by atoms with Crippen LogP contribution in [0, 0.1) is 13.8 Å². The number of aromatic amines is 1. The second-order valence-corrected chi connectivity index (χ2v) is 6.34. The highest BCUT2D eigenvalue weighted by molar-refractivity contribution is 5.95. The lowest BCUT2D eigenvalue weighted by Crippen LogP contribution is -2.32. The number of hydrogen-bond acceptors (Lipinski definition) is 2. The molecule has 4 heteroatoms. The maximum atomic E-state index is 12.1. The first-order valence-electron chi connectivity index (χ1n) is 8.24. The topological polar surface area (TPSA) is 48.1 Å². The third-order valence-corrected chi connectivity index (χ3v) is 4.70. The van der Waals surface area contributed by atoms with Crippen LogP contribution in [-0.4, -0.2) is 35.4 Å². The Labute approximate surface area is 134 Å². The van der Waals surface area contributed by atoms with Gasteiger partial charge in [-0.3, -0.25) is 4.79 Å². The summed E-state index contributed by atoms with van der Waals surface area (Å²) in [6.07, 6.45) is 4.44. The van der Waals surface area contributed by atoms with Crippen molar-refractivity contribution in [3.05, 3.63) is 29.5 Å². The van der Waals surface area contributed by atoms with E-state index in [0.717, 1.165) is 30.8 Å². The minimum atomic E-state index is 0. The van der Waals surface area contributed by atoms with Crippen molar-refractivity contribution >= 4 is 22.5 Å². The Kier molecular flexibility index (Phi) is 4.48. The van der Waals surface area contributed by atoms with E-state index >= 15 is 0 Å². The molecule has 0 bridgehead atoms. The van der Waals surface area contributed by atoms with E-state index in [4.69, 9.17) is 0 Å². The first-order valence-corrected chi connectivity index (χ1v) is 8.24. The van der Waals surface area contributed by atoms with Gasteiger partial charge in [-0.15, -0.1) is 0 Å². The standard InChI is InChI=1S/C18H25N3O.2H2/c1-13-14(2)19-17-7-6-15(12-16(13)17)20-18(22)8-11-21-9-4-3-5-10-21;;/h6-7,12,19H,3-5,8-11H2,1-2H3,(H,20,22);2*1H. The number of aromatic nitrogens is 1. The van der Waals surface area contributed by atoms with E-state index in [1.807, 2.05) is 12.1 Å². The minimum absolute atomic E-state index is 0. The molecule has 4 nitrogen and oxygen atoms in total. The van der Waals surface area contributed by atoms with Crippen molar-refractivity contribution in [3.8, 4) is 0 Å². The molecule has 0 unspecified atom stereocenters. The highest BCUT2D eigenvalue weighted by Gasteiger charge is 2.12. The number of fused-ring (bicyclic) bond motifs is 1. The SMILES string of the molecule is Cc1[nH]c2ccc(NC(=O)CCN3CCCCC3)cc2c1C.[HH].[HH]. The zero-order valence-corrected chi connectivity index (χ0v) is 13.5. The molecule has 1 amide bonds. The van der Waals surface area contributed by atoms with Gasteiger partial charge in [-0.1, -0.05) is 6.42 Å². The number of nitrogens with one attached hydrogen (secondary N) is 2. The molecule has 1 aliphatic rings. The lowest BCUT2D eigenvalue weighted by atomic mass is 10.1. The van der Waals surface area contributed by atoms with Crippen LogP contribution in [0.25, 0.3) is 10.9 Å². The van der Waals surface area contributed by atoms with Gasteiger partial charge in [0, 0.05) is 38.1 Å². The van der Waals surface area contributed by atoms with Crippen molar-refractivity contribution in [1.29, 1.82) is 0 Å². The molecular weight excluding hydrogens is 274 g/mol. The number of benzene rings is 1. The van der Waals surface area contributed by atoms with Crippen LogP contribution in [0.4, 0.5) is 5.69 Å². The van der Waals surface area contributed by atoms with Crippen LogP contribution in [0.5, 0.6) is 0 Å². The van der Waals surface area contributed by atoms with Crippen molar-refractivity contribution in [3.63, 3.8) is 0 Å². The second kappa shape index (κ2) is 6.53. The van der Waals surface area contributed by atoms with E-state index in [0.29, 0.717) is 6.42 Å². The lowest BCUT2D eigenvalue weighted by molar-refractivity contribution is -0.116. The molecule has 1 aliphatic heterocycles. The van der Waals surface area contributed by atoms with Gasteiger partial charge in [-0.25, -0.2) is 0 Å². The molecule has 1 fully saturated rings. The van der Waals surface area contributed by atoms with E-state index in [-0.39, 0.29) is 8.76 Å². The number of nitrogens with zero attached hydrogens (tertiary/aromatic N) is 1. The van der Waals surface area contributed by atoms with Crippen LogP contribution in [0.3, 0.4) is 0 Å². The van der Waals surface area contributed by atoms with Gasteiger partial charge in [0.1, 0.15) is 0 Å². The predicted octanol–water partition coefficient (Wildman–Crippen LogP) is 4.09. The van der Waals surface area contributed by atoms with Gasteiger partial charge in [0.15, 0.2) is 0 Å². The number of carbonyl (C=O) groups excluding carboxylic acids is 1. The van der Waals surface area contributed by atoms with Crippen molar-refractivity contribution in [2.24, 2.45) is 0 Å². The van der Waals surface area contributed by atoms with Crippen molar-refractivity contribution < 1.29 is 7.65 Å². The fourth-order valence-corrected chi connectivity index (χ4v) is 3.21. The second-order valence-electron chi connectivity index (χ2n) is 6.34. The van der Waals surface area contributed by atoms with Gasteiger partial charge < -0.3 is 15.2 Å².